The molecule has 0 fully saturated rings. The summed E-state index contributed by atoms with van der Waals surface area (Å²) in [5, 5.41) is 27.0. The van der Waals surface area contributed by atoms with E-state index in [0.717, 1.165) is 0 Å². The molecule has 0 radical (unpaired) electrons. The number of ether oxygens (including phenoxy) is 2. The predicted molar refractivity (Wildman–Crippen MR) is 60.4 cm³/mol. The number of aliphatic hydroxyl groups excluding tert-OH is 3. The van der Waals surface area contributed by atoms with Gasteiger partial charge in [-0.2, -0.15) is 0 Å². The average Bonchev–Trinajstić information content (AvgIpc) is 2.22. The van der Waals surface area contributed by atoms with Gasteiger partial charge in [0.1, 0.15) is 12.2 Å². The van der Waals surface area contributed by atoms with Gasteiger partial charge in [-0.15, -0.1) is 0 Å². The van der Waals surface area contributed by atoms with Gasteiger partial charge in [0.05, 0.1) is 31.8 Å². The largest absolute Gasteiger partial charge is 0.458 e. The fraction of sp³-hybridized carbons (Fsp3) is 0.909. The lowest BCUT2D eigenvalue weighted by Crippen LogP contribution is -2.39. The molecule has 102 valence electrons. The van der Waals surface area contributed by atoms with Crippen LogP contribution in [-0.2, 0) is 14.3 Å². The van der Waals surface area contributed by atoms with E-state index in [1.54, 1.807) is 20.8 Å². The standard InChI is InChI=1S/C11H22O6/c1-10(2,3)17-9(15)4-16-8-11(5-12,6-13)7-14/h12-14H,4-8H2,1-3H3. The Balaban J connectivity index is 4.01. The molecule has 0 aliphatic rings. The minimum atomic E-state index is -1.12. The fourth-order valence-electron chi connectivity index (χ4n) is 1.01. The summed E-state index contributed by atoms with van der Waals surface area (Å²) >= 11 is 0. The first kappa shape index (κ1) is 16.3. The lowest BCUT2D eigenvalue weighted by atomic mass is 9.93. The molecule has 0 saturated carbocycles. The normalized spacial score (nSPS) is 12.6. The quantitative estimate of drug-likeness (QED) is 0.517. The fourth-order valence-corrected chi connectivity index (χ4v) is 1.01. The van der Waals surface area contributed by atoms with Gasteiger partial charge >= 0.3 is 5.97 Å². The van der Waals surface area contributed by atoms with Crippen molar-refractivity contribution in [3.8, 4) is 0 Å². The second-order valence-electron chi connectivity index (χ2n) is 5.05. The van der Waals surface area contributed by atoms with Crippen molar-refractivity contribution in [3.63, 3.8) is 0 Å². The van der Waals surface area contributed by atoms with Gasteiger partial charge in [0, 0.05) is 0 Å². The molecule has 0 heterocycles. The highest BCUT2D eigenvalue weighted by Gasteiger charge is 2.29. The van der Waals surface area contributed by atoms with Crippen LogP contribution in [0.2, 0.25) is 0 Å². The highest BCUT2D eigenvalue weighted by Crippen LogP contribution is 2.15. The number of hydrogen-bond donors (Lipinski definition) is 3. The van der Waals surface area contributed by atoms with Crippen molar-refractivity contribution in [2.45, 2.75) is 26.4 Å². The van der Waals surface area contributed by atoms with Gasteiger partial charge in [-0.25, -0.2) is 4.79 Å². The third-order valence-electron chi connectivity index (χ3n) is 2.05. The summed E-state index contributed by atoms with van der Waals surface area (Å²) in [7, 11) is 0. The Morgan fingerprint density at radius 3 is 1.88 bits per heavy atom. The average molecular weight is 250 g/mol. The van der Waals surface area contributed by atoms with Crippen LogP contribution < -0.4 is 0 Å². The van der Waals surface area contributed by atoms with Gasteiger partial charge in [-0.1, -0.05) is 0 Å². The van der Waals surface area contributed by atoms with E-state index in [9.17, 15) is 4.79 Å². The molecule has 0 aliphatic heterocycles. The summed E-state index contributed by atoms with van der Waals surface area (Å²) in [6.45, 7) is 3.56. The van der Waals surface area contributed by atoms with Crippen molar-refractivity contribution >= 4 is 5.97 Å². The van der Waals surface area contributed by atoms with Gasteiger partial charge in [0.2, 0.25) is 0 Å². The number of carbonyl (C=O) groups is 1. The van der Waals surface area contributed by atoms with Crippen molar-refractivity contribution in [2.24, 2.45) is 5.41 Å². The molecular weight excluding hydrogens is 228 g/mol. The van der Waals surface area contributed by atoms with Crippen LogP contribution in [0.5, 0.6) is 0 Å². The molecule has 0 unspecified atom stereocenters. The number of rotatable bonds is 7. The van der Waals surface area contributed by atoms with Crippen molar-refractivity contribution in [3.05, 3.63) is 0 Å². The van der Waals surface area contributed by atoms with Gasteiger partial charge < -0.3 is 24.8 Å². The smallest absolute Gasteiger partial charge is 0.332 e. The molecule has 0 saturated heterocycles. The molecule has 6 heteroatoms. The van der Waals surface area contributed by atoms with Crippen LogP contribution in [0.1, 0.15) is 20.8 Å². The second kappa shape index (κ2) is 6.90. The second-order valence-corrected chi connectivity index (χ2v) is 5.05. The van der Waals surface area contributed by atoms with Crippen LogP contribution in [0, 0.1) is 5.41 Å². The van der Waals surface area contributed by atoms with Crippen molar-refractivity contribution in [2.75, 3.05) is 33.0 Å². The molecule has 3 N–H and O–H groups in total. The van der Waals surface area contributed by atoms with E-state index in [0.29, 0.717) is 0 Å². The van der Waals surface area contributed by atoms with Crippen LogP contribution in [0.25, 0.3) is 0 Å². The number of aliphatic hydroxyl groups is 3. The first-order valence-electron chi connectivity index (χ1n) is 5.41. The van der Waals surface area contributed by atoms with Crippen LogP contribution in [0.3, 0.4) is 0 Å². The highest BCUT2D eigenvalue weighted by atomic mass is 16.6. The van der Waals surface area contributed by atoms with Gasteiger partial charge in [-0.3, -0.25) is 0 Å². The first-order valence-corrected chi connectivity index (χ1v) is 5.41. The molecule has 0 aromatic carbocycles. The Bertz CT molecular complexity index is 220. The van der Waals surface area contributed by atoms with Crippen LogP contribution in [-0.4, -0.2) is 59.9 Å². The summed E-state index contributed by atoms with van der Waals surface area (Å²) in [4.78, 5) is 11.3. The summed E-state index contributed by atoms with van der Waals surface area (Å²) in [5.74, 6) is -0.528. The van der Waals surface area contributed by atoms with E-state index >= 15 is 0 Å². The van der Waals surface area contributed by atoms with Gasteiger partial charge in [0.25, 0.3) is 0 Å². The Kier molecular flexibility index (Phi) is 6.62. The van der Waals surface area contributed by atoms with Crippen LogP contribution in [0.15, 0.2) is 0 Å². The lowest BCUT2D eigenvalue weighted by Gasteiger charge is -2.27. The maximum absolute atomic E-state index is 11.3. The molecule has 0 amide bonds. The third kappa shape index (κ3) is 6.58. The monoisotopic (exact) mass is 250 g/mol. The Morgan fingerprint density at radius 1 is 1.06 bits per heavy atom. The predicted octanol–water partition coefficient (Wildman–Crippen LogP) is -0.692. The van der Waals surface area contributed by atoms with Gasteiger partial charge in [-0.05, 0) is 20.8 Å². The van der Waals surface area contributed by atoms with E-state index in [1.807, 2.05) is 0 Å². The number of carbonyl (C=O) groups excluding carboxylic acids is 1. The molecule has 0 aromatic rings. The van der Waals surface area contributed by atoms with E-state index in [2.05, 4.69) is 0 Å². The molecule has 0 rings (SSSR count). The van der Waals surface area contributed by atoms with E-state index in [4.69, 9.17) is 24.8 Å². The maximum atomic E-state index is 11.3. The molecule has 0 bridgehead atoms. The lowest BCUT2D eigenvalue weighted by molar-refractivity contribution is -0.163. The maximum Gasteiger partial charge on any atom is 0.332 e. The third-order valence-corrected chi connectivity index (χ3v) is 2.05. The van der Waals surface area contributed by atoms with Gasteiger partial charge in [0.15, 0.2) is 0 Å². The zero-order valence-corrected chi connectivity index (χ0v) is 10.6. The number of esters is 1. The topological polar surface area (TPSA) is 96.2 Å². The summed E-state index contributed by atoms with van der Waals surface area (Å²) in [6.07, 6.45) is 0. The van der Waals surface area contributed by atoms with Crippen LogP contribution >= 0.6 is 0 Å². The Morgan fingerprint density at radius 2 is 1.53 bits per heavy atom. The summed E-state index contributed by atoms with van der Waals surface area (Å²) < 4.78 is 10.0. The molecule has 0 aromatic heterocycles. The molecule has 0 spiro atoms. The first-order chi connectivity index (χ1) is 7.78. The van der Waals surface area contributed by atoms with E-state index < -0.39 is 36.8 Å². The molecular formula is C11H22O6. The highest BCUT2D eigenvalue weighted by molar-refractivity contribution is 5.71. The zero-order valence-electron chi connectivity index (χ0n) is 10.6. The molecule has 0 atom stereocenters. The Hall–Kier alpha value is -0.690. The van der Waals surface area contributed by atoms with E-state index in [-0.39, 0.29) is 13.2 Å². The molecule has 6 nitrogen and oxygen atoms in total. The van der Waals surface area contributed by atoms with Crippen molar-refractivity contribution in [1.82, 2.24) is 0 Å². The van der Waals surface area contributed by atoms with Crippen molar-refractivity contribution in [1.29, 1.82) is 0 Å². The molecule has 0 aliphatic carbocycles. The van der Waals surface area contributed by atoms with Crippen molar-refractivity contribution < 1.29 is 29.6 Å². The minimum absolute atomic E-state index is 0.115. The van der Waals surface area contributed by atoms with E-state index in [1.165, 1.54) is 0 Å². The van der Waals surface area contributed by atoms with Crippen LogP contribution in [0.4, 0.5) is 0 Å². The Labute approximate surface area is 101 Å². The minimum Gasteiger partial charge on any atom is -0.458 e. The summed E-state index contributed by atoms with van der Waals surface area (Å²) in [5.41, 5.74) is -1.70. The summed E-state index contributed by atoms with van der Waals surface area (Å²) in [6, 6.07) is 0. The zero-order chi connectivity index (χ0) is 13.5. The molecule has 17 heavy (non-hydrogen) atoms. The number of hydrogen-bond acceptors (Lipinski definition) is 6. The SMILES string of the molecule is CC(C)(C)OC(=O)COCC(CO)(CO)CO.